The van der Waals surface area contributed by atoms with Gasteiger partial charge in [-0.05, 0) is 109 Å². The summed E-state index contributed by atoms with van der Waals surface area (Å²) in [6, 6.07) is 0. The first-order valence-corrected chi connectivity index (χ1v) is 35.7. The molecule has 1 atom stereocenters. The molecule has 0 aromatic carbocycles. The van der Waals surface area contributed by atoms with Crippen molar-refractivity contribution in [1.29, 1.82) is 0 Å². The van der Waals surface area contributed by atoms with Crippen molar-refractivity contribution in [2.24, 2.45) is 0 Å². The number of unbranched alkanes of at least 4 members (excludes halogenated alkanes) is 38. The maximum absolute atomic E-state index is 12.9. The smallest absolute Gasteiger partial charge is 0.306 e. The summed E-state index contributed by atoms with van der Waals surface area (Å²) in [5.74, 6) is -0.987. The van der Waals surface area contributed by atoms with Crippen molar-refractivity contribution in [3.63, 3.8) is 0 Å². The van der Waals surface area contributed by atoms with Crippen LogP contribution in [0.15, 0.2) is 97.2 Å². The lowest BCUT2D eigenvalue weighted by Crippen LogP contribution is -2.30. The number of allylic oxidation sites excluding steroid dienone is 16. The number of ether oxygens (including phenoxy) is 3. The summed E-state index contributed by atoms with van der Waals surface area (Å²) in [6.45, 7) is 6.49. The Morgan fingerprint density at radius 2 is 0.494 bits per heavy atom. The van der Waals surface area contributed by atoms with Gasteiger partial charge in [0.05, 0.1) is 0 Å². The summed E-state index contributed by atoms with van der Waals surface area (Å²) >= 11 is 0. The van der Waals surface area contributed by atoms with Gasteiger partial charge in [0.1, 0.15) is 13.2 Å². The lowest BCUT2D eigenvalue weighted by molar-refractivity contribution is -0.166. The second-order valence-corrected chi connectivity index (χ2v) is 23.8. The van der Waals surface area contributed by atoms with Crippen LogP contribution in [0.25, 0.3) is 0 Å². The predicted octanol–water partition coefficient (Wildman–Crippen LogP) is 24.8. The van der Waals surface area contributed by atoms with Crippen LogP contribution in [0.5, 0.6) is 0 Å². The zero-order valence-corrected chi connectivity index (χ0v) is 54.9. The molecule has 1 unspecified atom stereocenters. The lowest BCUT2D eigenvalue weighted by atomic mass is 10.0. The number of carbonyl (C=O) groups is 3. The topological polar surface area (TPSA) is 78.9 Å². The number of carbonyl (C=O) groups excluding carboxylic acids is 3. The fraction of sp³-hybridized carbons (Fsp3) is 0.753. The molecule has 0 aromatic rings. The third-order valence-electron chi connectivity index (χ3n) is 15.6. The van der Waals surface area contributed by atoms with Crippen molar-refractivity contribution in [2.75, 3.05) is 13.2 Å². The maximum atomic E-state index is 12.9. The molecule has 0 aliphatic rings. The van der Waals surface area contributed by atoms with Gasteiger partial charge in [-0.3, -0.25) is 14.4 Å². The van der Waals surface area contributed by atoms with Crippen LogP contribution in [0.4, 0.5) is 0 Å². The molecule has 0 aliphatic carbocycles. The van der Waals surface area contributed by atoms with E-state index in [-0.39, 0.29) is 31.6 Å². The van der Waals surface area contributed by atoms with Gasteiger partial charge in [-0.1, -0.05) is 323 Å². The number of rotatable bonds is 65. The van der Waals surface area contributed by atoms with Crippen molar-refractivity contribution in [3.05, 3.63) is 97.2 Å². The van der Waals surface area contributed by atoms with Gasteiger partial charge in [-0.15, -0.1) is 0 Å². The number of hydrogen-bond acceptors (Lipinski definition) is 6. The van der Waals surface area contributed by atoms with E-state index >= 15 is 0 Å². The van der Waals surface area contributed by atoms with Crippen molar-refractivity contribution in [1.82, 2.24) is 0 Å². The minimum Gasteiger partial charge on any atom is -0.462 e. The van der Waals surface area contributed by atoms with E-state index in [1.54, 1.807) is 0 Å². The summed E-state index contributed by atoms with van der Waals surface area (Å²) in [5, 5.41) is 0. The molecule has 6 nitrogen and oxygen atoms in total. The molecule has 0 radical (unpaired) electrons. The molecule has 478 valence electrons. The fourth-order valence-electron chi connectivity index (χ4n) is 10.2. The normalized spacial score (nSPS) is 12.7. The first-order valence-electron chi connectivity index (χ1n) is 35.7. The first-order chi connectivity index (χ1) is 41.0. The van der Waals surface area contributed by atoms with Crippen molar-refractivity contribution in [2.45, 2.75) is 361 Å². The third kappa shape index (κ3) is 69.0. The molecular weight excluding hydrogens is 1020 g/mol. The molecule has 0 aliphatic heterocycles. The van der Waals surface area contributed by atoms with E-state index in [1.165, 1.54) is 218 Å². The van der Waals surface area contributed by atoms with Crippen molar-refractivity contribution < 1.29 is 28.6 Å². The average Bonchev–Trinajstić information content (AvgIpc) is 3.49. The van der Waals surface area contributed by atoms with Crippen LogP contribution in [0, 0.1) is 0 Å². The molecule has 0 rings (SSSR count). The first kappa shape index (κ1) is 79.3. The number of esters is 3. The van der Waals surface area contributed by atoms with Crippen LogP contribution in [0.1, 0.15) is 355 Å². The Balaban J connectivity index is 4.29. The monoisotopic (exact) mass is 1160 g/mol. The van der Waals surface area contributed by atoms with Gasteiger partial charge in [0.15, 0.2) is 6.10 Å². The van der Waals surface area contributed by atoms with Gasteiger partial charge >= 0.3 is 17.9 Å². The fourth-order valence-corrected chi connectivity index (χ4v) is 10.2. The molecule has 0 N–H and O–H groups in total. The van der Waals surface area contributed by atoms with Crippen LogP contribution < -0.4 is 0 Å². The van der Waals surface area contributed by atoms with E-state index in [9.17, 15) is 14.4 Å². The molecule has 0 saturated heterocycles. The Hall–Kier alpha value is -3.67. The molecule has 0 bridgehead atoms. The van der Waals surface area contributed by atoms with E-state index in [2.05, 4.69) is 112 Å². The molecule has 0 fully saturated rings. The van der Waals surface area contributed by atoms with Gasteiger partial charge < -0.3 is 14.2 Å². The Kier molecular flexibility index (Phi) is 67.7. The second-order valence-electron chi connectivity index (χ2n) is 23.8. The summed E-state index contributed by atoms with van der Waals surface area (Å²) in [4.78, 5) is 38.4. The second kappa shape index (κ2) is 70.8. The highest BCUT2D eigenvalue weighted by Crippen LogP contribution is 2.17. The molecule has 6 heteroatoms. The highest BCUT2D eigenvalue weighted by atomic mass is 16.6. The van der Waals surface area contributed by atoms with Gasteiger partial charge in [0.2, 0.25) is 0 Å². The largest absolute Gasteiger partial charge is 0.462 e. The maximum Gasteiger partial charge on any atom is 0.306 e. The van der Waals surface area contributed by atoms with Crippen LogP contribution in [-0.4, -0.2) is 37.2 Å². The Morgan fingerprint density at radius 3 is 0.783 bits per heavy atom. The Labute approximate surface area is 515 Å². The molecule has 0 aromatic heterocycles. The third-order valence-corrected chi connectivity index (χ3v) is 15.6. The van der Waals surface area contributed by atoms with Gasteiger partial charge in [-0.25, -0.2) is 0 Å². The highest BCUT2D eigenvalue weighted by molar-refractivity contribution is 5.71. The van der Waals surface area contributed by atoms with E-state index < -0.39 is 12.1 Å². The minimum absolute atomic E-state index is 0.108. The summed E-state index contributed by atoms with van der Waals surface area (Å²) in [5.41, 5.74) is 0. The van der Waals surface area contributed by atoms with Crippen LogP contribution in [0.3, 0.4) is 0 Å². The molecular formula is C77H134O6. The molecule has 0 saturated carbocycles. The van der Waals surface area contributed by atoms with Crippen LogP contribution >= 0.6 is 0 Å². The van der Waals surface area contributed by atoms with E-state index in [1.807, 2.05) is 6.08 Å². The summed E-state index contributed by atoms with van der Waals surface area (Å²) in [7, 11) is 0. The average molecular weight is 1160 g/mol. The standard InChI is InChI=1S/C77H134O6/c1-4-7-10-13-16-19-22-25-28-30-32-33-34-35-36-37-38-39-40-41-42-43-45-46-49-52-55-58-61-64-67-70-76(79)82-73-74(72-81-75(78)69-66-63-60-57-54-51-48-27-24-21-18-15-12-9-6-3)83-77(80)71-68-65-62-59-56-53-50-47-44-31-29-26-23-20-17-14-11-8-5-2/h8,11,17,20,26-27,29-30,32,44,47-48,53,56,62,65,74H,4-7,9-10,12-16,18-19,21-25,28,31,33-43,45-46,49-52,54-55,57-61,63-64,66-73H2,1-3H3/b11-8-,20-17-,29-26-,32-30-,47-44-,48-27-,56-53-,65-62-. The summed E-state index contributed by atoms with van der Waals surface area (Å²) in [6.07, 6.45) is 96.1. The molecule has 83 heavy (non-hydrogen) atoms. The van der Waals surface area contributed by atoms with E-state index in [4.69, 9.17) is 14.2 Å². The van der Waals surface area contributed by atoms with Crippen molar-refractivity contribution in [3.8, 4) is 0 Å². The quantitative estimate of drug-likeness (QED) is 0.0261. The molecule has 0 amide bonds. The van der Waals surface area contributed by atoms with Crippen molar-refractivity contribution >= 4 is 17.9 Å². The number of hydrogen-bond donors (Lipinski definition) is 0. The Bertz CT molecular complexity index is 1610. The summed E-state index contributed by atoms with van der Waals surface area (Å²) < 4.78 is 16.9. The van der Waals surface area contributed by atoms with Gasteiger partial charge in [0.25, 0.3) is 0 Å². The van der Waals surface area contributed by atoms with Crippen LogP contribution in [-0.2, 0) is 28.6 Å². The van der Waals surface area contributed by atoms with E-state index in [0.29, 0.717) is 19.3 Å². The Morgan fingerprint density at radius 1 is 0.253 bits per heavy atom. The predicted molar refractivity (Wildman–Crippen MR) is 362 cm³/mol. The highest BCUT2D eigenvalue weighted by Gasteiger charge is 2.19. The van der Waals surface area contributed by atoms with E-state index in [0.717, 1.165) is 89.9 Å². The zero-order chi connectivity index (χ0) is 59.9. The molecule has 0 heterocycles. The van der Waals surface area contributed by atoms with Gasteiger partial charge in [0, 0.05) is 19.3 Å². The lowest BCUT2D eigenvalue weighted by Gasteiger charge is -2.18. The minimum atomic E-state index is -0.823. The van der Waals surface area contributed by atoms with Gasteiger partial charge in [-0.2, -0.15) is 0 Å². The van der Waals surface area contributed by atoms with Crippen LogP contribution in [0.2, 0.25) is 0 Å². The molecule has 0 spiro atoms. The SMILES string of the molecule is CC/C=C\C/C=C\C/C=C\C/C=C\C/C=C\C/C=C\CCC(=O)OC(COC(=O)CCCCCCC/C=C\CCCCCCCC)COC(=O)CCCCCCCCCCCCCCCCCCCCC/C=C\CCCCCCCCCC. The zero-order valence-electron chi connectivity index (χ0n) is 54.9.